The van der Waals surface area contributed by atoms with Gasteiger partial charge in [-0.2, -0.15) is 23.4 Å². The maximum atomic E-state index is 13.4. The van der Waals surface area contributed by atoms with E-state index in [1.54, 1.807) is 5.10 Å². The first kappa shape index (κ1) is 17.0. The Morgan fingerprint density at radius 1 is 1.04 bits per heavy atom. The van der Waals surface area contributed by atoms with Gasteiger partial charge in [-0.3, -0.25) is 5.10 Å². The summed E-state index contributed by atoms with van der Waals surface area (Å²) >= 11 is 0. The highest BCUT2D eigenvalue weighted by Gasteiger charge is 2.35. The number of halogens is 5. The Kier molecular flexibility index (Phi) is 3.82. The van der Waals surface area contributed by atoms with Crippen LogP contribution in [0.15, 0.2) is 30.7 Å². The first-order valence-corrected chi connectivity index (χ1v) is 7.44. The van der Waals surface area contributed by atoms with Gasteiger partial charge in [-0.1, -0.05) is 0 Å². The number of aromatic amines is 1. The molecule has 3 aromatic heterocycles. The van der Waals surface area contributed by atoms with Crippen LogP contribution in [0.2, 0.25) is 0 Å². The quantitative estimate of drug-likeness (QED) is 0.552. The van der Waals surface area contributed by atoms with Crippen LogP contribution >= 0.6 is 0 Å². The summed E-state index contributed by atoms with van der Waals surface area (Å²) in [6.45, 7) is 0. The van der Waals surface area contributed by atoms with Crippen molar-refractivity contribution in [2.75, 3.05) is 0 Å². The second-order valence-electron chi connectivity index (χ2n) is 5.56. The van der Waals surface area contributed by atoms with Gasteiger partial charge in [-0.15, -0.1) is 0 Å². The minimum atomic E-state index is -4.69. The zero-order valence-corrected chi connectivity index (χ0v) is 13.2. The van der Waals surface area contributed by atoms with Gasteiger partial charge in [0.15, 0.2) is 5.65 Å². The van der Waals surface area contributed by atoms with Crippen molar-refractivity contribution in [3.63, 3.8) is 0 Å². The van der Waals surface area contributed by atoms with Crippen LogP contribution in [0.5, 0.6) is 0 Å². The smallest absolute Gasteiger partial charge is 0.255 e. The number of alkyl halides is 3. The molecule has 0 atom stereocenters. The molecule has 0 amide bonds. The molecule has 0 bridgehead atoms. The van der Waals surface area contributed by atoms with E-state index >= 15 is 0 Å². The number of rotatable bonds is 3. The molecule has 0 aliphatic rings. The van der Waals surface area contributed by atoms with E-state index in [0.717, 1.165) is 18.2 Å². The fourth-order valence-corrected chi connectivity index (χ4v) is 2.53. The van der Waals surface area contributed by atoms with Gasteiger partial charge in [-0.05, 0) is 17.7 Å². The highest BCUT2D eigenvalue weighted by atomic mass is 19.4. The van der Waals surface area contributed by atoms with Crippen molar-refractivity contribution in [3.8, 4) is 11.5 Å². The molecule has 0 aliphatic heterocycles. The Balaban J connectivity index is 1.79. The molecule has 4 rings (SSSR count). The Labute approximate surface area is 146 Å². The van der Waals surface area contributed by atoms with Crippen LogP contribution in [0, 0.1) is 11.6 Å². The lowest BCUT2D eigenvalue weighted by molar-refractivity contribution is -0.144. The number of H-pyrrole nitrogens is 1. The lowest BCUT2D eigenvalue weighted by Crippen LogP contribution is -2.07. The molecule has 138 valence electrons. The molecule has 7 nitrogen and oxygen atoms in total. The van der Waals surface area contributed by atoms with Crippen LogP contribution in [-0.2, 0) is 12.6 Å². The summed E-state index contributed by atoms with van der Waals surface area (Å²) in [4.78, 5) is 11.6. The second kappa shape index (κ2) is 6.07. The lowest BCUT2D eigenvalue weighted by Gasteiger charge is -2.06. The van der Waals surface area contributed by atoms with E-state index in [-0.39, 0.29) is 34.8 Å². The van der Waals surface area contributed by atoms with Crippen LogP contribution in [0.25, 0.3) is 17.2 Å². The third-order valence-electron chi connectivity index (χ3n) is 3.61. The number of nitrogens with zero attached hydrogens (tertiary/aromatic N) is 6. The summed E-state index contributed by atoms with van der Waals surface area (Å²) in [5, 5.41) is 9.25. The van der Waals surface area contributed by atoms with Crippen LogP contribution < -0.4 is 0 Å². The van der Waals surface area contributed by atoms with E-state index < -0.39 is 23.6 Å². The summed E-state index contributed by atoms with van der Waals surface area (Å²) in [6, 6.07) is 2.98. The number of nitrogens with one attached hydrogen (secondary N) is 1. The third kappa shape index (κ3) is 3.32. The third-order valence-corrected chi connectivity index (χ3v) is 3.61. The van der Waals surface area contributed by atoms with Crippen LogP contribution in [0.1, 0.15) is 17.1 Å². The molecular weight excluding hydrogens is 373 g/mol. The summed E-state index contributed by atoms with van der Waals surface area (Å²) in [5.41, 5.74) is 0.794. The van der Waals surface area contributed by atoms with Crippen molar-refractivity contribution in [1.82, 2.24) is 34.8 Å². The largest absolute Gasteiger partial charge is 0.451 e. The van der Waals surface area contributed by atoms with Crippen LogP contribution in [0.4, 0.5) is 22.0 Å². The predicted octanol–water partition coefficient (Wildman–Crippen LogP) is 2.80. The zero-order valence-electron chi connectivity index (χ0n) is 13.2. The number of fused-ring (bicyclic) bond motifs is 1. The van der Waals surface area contributed by atoms with Crippen molar-refractivity contribution >= 4 is 5.65 Å². The van der Waals surface area contributed by atoms with Gasteiger partial charge in [0.25, 0.3) is 0 Å². The summed E-state index contributed by atoms with van der Waals surface area (Å²) < 4.78 is 66.2. The molecule has 1 N–H and O–H groups in total. The van der Waals surface area contributed by atoms with E-state index in [2.05, 4.69) is 25.1 Å². The second-order valence-corrected chi connectivity index (χ2v) is 5.56. The summed E-state index contributed by atoms with van der Waals surface area (Å²) in [5.74, 6) is -3.09. The van der Waals surface area contributed by atoms with Crippen molar-refractivity contribution in [2.45, 2.75) is 12.6 Å². The first-order chi connectivity index (χ1) is 12.8. The summed E-state index contributed by atoms with van der Waals surface area (Å²) in [6.07, 6.45) is -2.19. The fourth-order valence-electron chi connectivity index (χ4n) is 2.53. The molecular formula is C15H8F5N7. The highest BCUT2D eigenvalue weighted by Crippen LogP contribution is 2.27. The van der Waals surface area contributed by atoms with Crippen LogP contribution in [-0.4, -0.2) is 34.8 Å². The minimum Gasteiger partial charge on any atom is -0.255 e. The van der Waals surface area contributed by atoms with E-state index in [9.17, 15) is 22.0 Å². The SMILES string of the molecule is Fc1cc(F)cc(Cc2nc(-c3n[nH]c(C(F)(F)F)n3)cn3ncnc23)c1. The van der Waals surface area contributed by atoms with Gasteiger partial charge in [0.1, 0.15) is 23.7 Å². The maximum Gasteiger partial charge on any atom is 0.451 e. The Bertz CT molecular complexity index is 1110. The van der Waals surface area contributed by atoms with E-state index in [1.807, 2.05) is 0 Å². The number of hydrogen-bond acceptors (Lipinski definition) is 5. The first-order valence-electron chi connectivity index (χ1n) is 7.44. The predicted molar refractivity (Wildman–Crippen MR) is 80.3 cm³/mol. The molecule has 0 fully saturated rings. The van der Waals surface area contributed by atoms with Crippen molar-refractivity contribution in [3.05, 3.63) is 59.4 Å². The van der Waals surface area contributed by atoms with Gasteiger partial charge in [-0.25, -0.2) is 28.2 Å². The molecule has 12 heteroatoms. The van der Waals surface area contributed by atoms with Gasteiger partial charge < -0.3 is 0 Å². The Morgan fingerprint density at radius 2 is 1.78 bits per heavy atom. The molecule has 0 spiro atoms. The zero-order chi connectivity index (χ0) is 19.2. The molecule has 0 aliphatic carbocycles. The monoisotopic (exact) mass is 381 g/mol. The molecule has 4 aromatic rings. The van der Waals surface area contributed by atoms with Crippen molar-refractivity contribution in [1.29, 1.82) is 0 Å². The van der Waals surface area contributed by atoms with Crippen molar-refractivity contribution in [2.24, 2.45) is 0 Å². The van der Waals surface area contributed by atoms with Crippen molar-refractivity contribution < 1.29 is 22.0 Å². The van der Waals surface area contributed by atoms with E-state index in [4.69, 9.17) is 0 Å². The van der Waals surface area contributed by atoms with E-state index in [0.29, 0.717) is 0 Å². The maximum absolute atomic E-state index is 13.4. The molecule has 1 aromatic carbocycles. The van der Waals surface area contributed by atoms with Gasteiger partial charge in [0, 0.05) is 12.5 Å². The Morgan fingerprint density at radius 3 is 2.44 bits per heavy atom. The molecule has 3 heterocycles. The molecule has 0 saturated heterocycles. The molecule has 27 heavy (non-hydrogen) atoms. The van der Waals surface area contributed by atoms with Gasteiger partial charge in [0.2, 0.25) is 11.6 Å². The van der Waals surface area contributed by atoms with Crippen LogP contribution in [0.3, 0.4) is 0 Å². The molecule has 0 unspecified atom stereocenters. The normalized spacial score (nSPS) is 12.0. The topological polar surface area (TPSA) is 84.7 Å². The van der Waals surface area contributed by atoms with E-state index in [1.165, 1.54) is 17.0 Å². The minimum absolute atomic E-state index is 0.00775. The van der Waals surface area contributed by atoms with Gasteiger partial charge >= 0.3 is 6.18 Å². The average Bonchev–Trinajstić information content (AvgIpc) is 3.22. The highest BCUT2D eigenvalue weighted by molar-refractivity contribution is 5.54. The number of hydrogen-bond donors (Lipinski definition) is 1. The lowest BCUT2D eigenvalue weighted by atomic mass is 10.1. The number of aromatic nitrogens is 7. The summed E-state index contributed by atoms with van der Waals surface area (Å²) in [7, 11) is 0. The fraction of sp³-hybridized carbons (Fsp3) is 0.133. The number of benzene rings is 1. The molecule has 0 saturated carbocycles. The average molecular weight is 381 g/mol. The molecule has 0 radical (unpaired) electrons. The van der Waals surface area contributed by atoms with Gasteiger partial charge in [0.05, 0.1) is 11.9 Å². The Hall–Kier alpha value is -3.44. The standard InChI is InChI=1S/C15H8F5N7/c16-8-1-7(2-9(17)4-8)3-10-13-21-6-22-27(13)5-11(23-10)12-24-14(26-25-12)15(18,19)20/h1-2,4-6H,3H2,(H,24,25,26).